The van der Waals surface area contributed by atoms with Gasteiger partial charge in [-0.15, -0.1) is 11.8 Å². The van der Waals surface area contributed by atoms with Crippen molar-refractivity contribution in [2.24, 2.45) is 0 Å². The molecule has 1 amide bonds. The Bertz CT molecular complexity index is 741. The first-order valence-corrected chi connectivity index (χ1v) is 9.58. The van der Waals surface area contributed by atoms with E-state index in [2.05, 4.69) is 17.2 Å². The molecule has 6 heteroatoms. The van der Waals surface area contributed by atoms with E-state index < -0.39 is 0 Å². The summed E-state index contributed by atoms with van der Waals surface area (Å²) in [7, 11) is 0. The number of anilines is 1. The van der Waals surface area contributed by atoms with Crippen LogP contribution >= 0.6 is 11.8 Å². The van der Waals surface area contributed by atoms with Crippen LogP contribution in [0.2, 0.25) is 0 Å². The minimum Gasteiger partial charge on any atom is -0.488 e. The minimum absolute atomic E-state index is 0.0560. The van der Waals surface area contributed by atoms with Crippen molar-refractivity contribution in [1.29, 1.82) is 0 Å². The van der Waals surface area contributed by atoms with Gasteiger partial charge in [-0.1, -0.05) is 26.0 Å². The summed E-state index contributed by atoms with van der Waals surface area (Å²) in [6.07, 6.45) is 3.42. The van der Waals surface area contributed by atoms with Crippen molar-refractivity contribution < 1.29 is 9.53 Å². The lowest BCUT2D eigenvalue weighted by Crippen LogP contribution is -2.14. The van der Waals surface area contributed by atoms with Crippen LogP contribution in [0.4, 0.5) is 5.69 Å². The molecule has 0 aliphatic rings. The van der Waals surface area contributed by atoms with Crippen LogP contribution in [-0.2, 0) is 17.0 Å². The maximum absolute atomic E-state index is 12.0. The summed E-state index contributed by atoms with van der Waals surface area (Å²) >= 11 is 1.45. The number of H-pyrrole nitrogens is 1. The van der Waals surface area contributed by atoms with Gasteiger partial charge in [-0.05, 0) is 30.5 Å². The molecule has 0 atom stereocenters. The predicted molar refractivity (Wildman–Crippen MR) is 103 cm³/mol. The van der Waals surface area contributed by atoms with Crippen molar-refractivity contribution >= 4 is 23.4 Å². The quantitative estimate of drug-likeness (QED) is 0.717. The Labute approximate surface area is 152 Å². The lowest BCUT2D eigenvalue weighted by atomic mass is 10.1. The fourth-order valence-corrected chi connectivity index (χ4v) is 2.93. The standard InChI is InChI=1S/C19H24N2O3S/c1-3-9-24-18-11-20-16(10-17(18)22)12-25-13-19(23)21-15-7-5-14(4-2)6-8-15/h5-8,10-11H,3-4,9,12-13H2,1-2H3,(H,20,22)(H,21,23). The maximum Gasteiger partial charge on any atom is 0.234 e. The van der Waals surface area contributed by atoms with E-state index in [1.54, 1.807) is 6.20 Å². The SMILES string of the molecule is CCCOc1c[nH]c(CSCC(=O)Nc2ccc(CC)cc2)cc1=O. The molecule has 2 aromatic rings. The number of benzene rings is 1. The zero-order chi connectivity index (χ0) is 18.1. The number of aryl methyl sites for hydroxylation is 1. The zero-order valence-electron chi connectivity index (χ0n) is 14.6. The maximum atomic E-state index is 12.0. The number of amides is 1. The number of hydrogen-bond acceptors (Lipinski definition) is 4. The fraction of sp³-hybridized carbons (Fsp3) is 0.368. The highest BCUT2D eigenvalue weighted by atomic mass is 32.2. The summed E-state index contributed by atoms with van der Waals surface area (Å²) in [6, 6.07) is 9.37. The molecular weight excluding hydrogens is 336 g/mol. The van der Waals surface area contributed by atoms with Gasteiger partial charge in [0.05, 0.1) is 12.4 Å². The molecule has 0 radical (unpaired) electrons. The van der Waals surface area contributed by atoms with E-state index in [1.165, 1.54) is 23.4 Å². The lowest BCUT2D eigenvalue weighted by Gasteiger charge is -2.07. The number of rotatable bonds is 9. The molecule has 0 unspecified atom stereocenters. The van der Waals surface area contributed by atoms with E-state index >= 15 is 0 Å². The van der Waals surface area contributed by atoms with Gasteiger partial charge in [0, 0.05) is 29.4 Å². The molecule has 2 N–H and O–H groups in total. The van der Waals surface area contributed by atoms with Crippen molar-refractivity contribution in [2.75, 3.05) is 17.7 Å². The molecule has 0 saturated carbocycles. The Balaban J connectivity index is 1.78. The van der Waals surface area contributed by atoms with Crippen LogP contribution in [0.1, 0.15) is 31.5 Å². The average Bonchev–Trinajstić information content (AvgIpc) is 2.61. The molecular formula is C19H24N2O3S. The molecule has 0 aliphatic heterocycles. The molecule has 0 fully saturated rings. The molecule has 0 aliphatic carbocycles. The van der Waals surface area contributed by atoms with Crippen LogP contribution < -0.4 is 15.5 Å². The fourth-order valence-electron chi connectivity index (χ4n) is 2.18. The van der Waals surface area contributed by atoms with E-state index in [-0.39, 0.29) is 11.3 Å². The summed E-state index contributed by atoms with van der Waals surface area (Å²) < 4.78 is 5.35. The van der Waals surface area contributed by atoms with Crippen molar-refractivity contribution in [2.45, 2.75) is 32.4 Å². The van der Waals surface area contributed by atoms with Crippen LogP contribution in [0, 0.1) is 0 Å². The summed E-state index contributed by atoms with van der Waals surface area (Å²) in [6.45, 7) is 4.61. The number of aromatic nitrogens is 1. The molecule has 134 valence electrons. The first-order valence-electron chi connectivity index (χ1n) is 8.43. The first-order chi connectivity index (χ1) is 12.1. The summed E-state index contributed by atoms with van der Waals surface area (Å²) in [5.74, 6) is 1.17. The number of carbonyl (C=O) groups excluding carboxylic acids is 1. The smallest absolute Gasteiger partial charge is 0.234 e. The van der Waals surface area contributed by atoms with Gasteiger partial charge in [0.25, 0.3) is 0 Å². The first kappa shape index (κ1) is 19.1. The van der Waals surface area contributed by atoms with Crippen molar-refractivity contribution in [3.63, 3.8) is 0 Å². The van der Waals surface area contributed by atoms with E-state index in [1.807, 2.05) is 31.2 Å². The van der Waals surface area contributed by atoms with Gasteiger partial charge in [0.2, 0.25) is 11.3 Å². The number of aromatic amines is 1. The number of hydrogen-bond donors (Lipinski definition) is 2. The van der Waals surface area contributed by atoms with Gasteiger partial charge in [-0.3, -0.25) is 9.59 Å². The Morgan fingerprint density at radius 1 is 1.24 bits per heavy atom. The molecule has 0 saturated heterocycles. The third kappa shape index (κ3) is 6.31. The molecule has 2 rings (SSSR count). The highest BCUT2D eigenvalue weighted by Gasteiger charge is 2.06. The third-order valence-corrected chi connectivity index (χ3v) is 4.52. The van der Waals surface area contributed by atoms with Crippen LogP contribution in [-0.4, -0.2) is 23.3 Å². The average molecular weight is 360 g/mol. The minimum atomic E-state index is -0.136. The van der Waals surface area contributed by atoms with Gasteiger partial charge < -0.3 is 15.0 Å². The predicted octanol–water partition coefficient (Wildman–Crippen LogP) is 3.60. The Morgan fingerprint density at radius 2 is 2.00 bits per heavy atom. The van der Waals surface area contributed by atoms with Gasteiger partial charge in [-0.25, -0.2) is 0 Å². The number of thioether (sulfide) groups is 1. The Hall–Kier alpha value is -2.21. The summed E-state index contributed by atoms with van der Waals surface area (Å²) in [5.41, 5.74) is 2.68. The topological polar surface area (TPSA) is 71.2 Å². The number of nitrogens with one attached hydrogen (secondary N) is 2. The molecule has 1 heterocycles. The van der Waals surface area contributed by atoms with Crippen molar-refractivity contribution in [1.82, 2.24) is 4.98 Å². The highest BCUT2D eigenvalue weighted by molar-refractivity contribution is 7.99. The third-order valence-electron chi connectivity index (χ3n) is 3.54. The monoisotopic (exact) mass is 360 g/mol. The number of pyridine rings is 1. The van der Waals surface area contributed by atoms with Crippen molar-refractivity contribution in [3.05, 3.63) is 58.0 Å². The molecule has 0 bridgehead atoms. The largest absolute Gasteiger partial charge is 0.488 e. The highest BCUT2D eigenvalue weighted by Crippen LogP contribution is 2.13. The van der Waals surface area contributed by atoms with Gasteiger partial charge in [0.15, 0.2) is 5.75 Å². The van der Waals surface area contributed by atoms with E-state index in [4.69, 9.17) is 4.74 Å². The molecule has 1 aromatic carbocycles. The van der Waals surface area contributed by atoms with E-state index in [0.717, 1.165) is 24.2 Å². The number of ether oxygens (including phenoxy) is 1. The zero-order valence-corrected chi connectivity index (χ0v) is 15.4. The second kappa shape index (κ2) is 9.93. The molecule has 1 aromatic heterocycles. The summed E-state index contributed by atoms with van der Waals surface area (Å²) in [4.78, 5) is 26.9. The van der Waals surface area contributed by atoms with Crippen molar-refractivity contribution in [3.8, 4) is 5.75 Å². The second-order valence-electron chi connectivity index (χ2n) is 5.63. The lowest BCUT2D eigenvalue weighted by molar-refractivity contribution is -0.113. The normalized spacial score (nSPS) is 10.5. The second-order valence-corrected chi connectivity index (χ2v) is 6.61. The van der Waals surface area contributed by atoms with Gasteiger partial charge >= 0.3 is 0 Å². The van der Waals surface area contributed by atoms with Gasteiger partial charge in [0.1, 0.15) is 0 Å². The number of carbonyl (C=O) groups is 1. The van der Waals surface area contributed by atoms with E-state index in [9.17, 15) is 9.59 Å². The Kier molecular flexibility index (Phi) is 7.60. The van der Waals surface area contributed by atoms with Crippen LogP contribution in [0.15, 0.2) is 41.3 Å². The van der Waals surface area contributed by atoms with Crippen LogP contribution in [0.3, 0.4) is 0 Å². The molecule has 5 nitrogen and oxygen atoms in total. The Morgan fingerprint density at radius 3 is 2.64 bits per heavy atom. The molecule has 0 spiro atoms. The molecule has 25 heavy (non-hydrogen) atoms. The van der Waals surface area contributed by atoms with Crippen LogP contribution in [0.5, 0.6) is 5.75 Å². The van der Waals surface area contributed by atoms with Gasteiger partial charge in [-0.2, -0.15) is 0 Å². The van der Waals surface area contributed by atoms with Crippen LogP contribution in [0.25, 0.3) is 0 Å². The van der Waals surface area contributed by atoms with E-state index in [0.29, 0.717) is 23.9 Å². The summed E-state index contributed by atoms with van der Waals surface area (Å²) in [5, 5.41) is 2.87.